The number of rotatable bonds is 2. The fourth-order valence-electron chi connectivity index (χ4n) is 2.43. The molecule has 0 radical (unpaired) electrons. The van der Waals surface area contributed by atoms with Gasteiger partial charge in [0.25, 0.3) is 0 Å². The van der Waals surface area contributed by atoms with E-state index in [4.69, 9.17) is 4.74 Å². The SMILES string of the molecule is CC1CN(c2cccc(F)c2[C@H](C)O)C(C)CO1. The lowest BCUT2D eigenvalue weighted by atomic mass is 10.0. The molecule has 0 spiro atoms. The Kier molecular flexibility index (Phi) is 3.88. The number of aliphatic hydroxyl groups is 1. The molecule has 0 bridgehead atoms. The van der Waals surface area contributed by atoms with Crippen LogP contribution in [0.5, 0.6) is 0 Å². The molecule has 1 aromatic carbocycles. The first-order valence-corrected chi connectivity index (χ1v) is 6.35. The van der Waals surface area contributed by atoms with Crippen LogP contribution in [0, 0.1) is 5.82 Å². The van der Waals surface area contributed by atoms with E-state index in [0.29, 0.717) is 18.7 Å². The lowest BCUT2D eigenvalue weighted by Gasteiger charge is -2.39. The van der Waals surface area contributed by atoms with E-state index < -0.39 is 6.10 Å². The van der Waals surface area contributed by atoms with Crippen molar-refractivity contribution in [3.05, 3.63) is 29.6 Å². The van der Waals surface area contributed by atoms with Crippen LogP contribution in [-0.4, -0.2) is 30.4 Å². The third kappa shape index (κ3) is 2.49. The van der Waals surface area contributed by atoms with Crippen LogP contribution in [0.3, 0.4) is 0 Å². The molecule has 1 aliphatic heterocycles. The monoisotopic (exact) mass is 253 g/mol. The summed E-state index contributed by atoms with van der Waals surface area (Å²) in [6, 6.07) is 5.11. The third-order valence-electron chi connectivity index (χ3n) is 3.36. The smallest absolute Gasteiger partial charge is 0.131 e. The van der Waals surface area contributed by atoms with Crippen molar-refractivity contribution in [2.75, 3.05) is 18.1 Å². The molecule has 1 fully saturated rings. The quantitative estimate of drug-likeness (QED) is 0.879. The predicted molar refractivity (Wildman–Crippen MR) is 69.3 cm³/mol. The normalized spacial score (nSPS) is 26.2. The van der Waals surface area contributed by atoms with Crippen LogP contribution in [0.1, 0.15) is 32.4 Å². The van der Waals surface area contributed by atoms with E-state index in [1.807, 2.05) is 19.9 Å². The van der Waals surface area contributed by atoms with Crippen molar-refractivity contribution in [2.24, 2.45) is 0 Å². The number of halogens is 1. The Balaban J connectivity index is 2.40. The molecule has 2 rings (SSSR count). The molecule has 3 nitrogen and oxygen atoms in total. The summed E-state index contributed by atoms with van der Waals surface area (Å²) in [5.74, 6) is -0.353. The summed E-state index contributed by atoms with van der Waals surface area (Å²) in [4.78, 5) is 2.11. The highest BCUT2D eigenvalue weighted by molar-refractivity contribution is 5.56. The maximum absolute atomic E-state index is 13.9. The zero-order valence-electron chi connectivity index (χ0n) is 11.1. The van der Waals surface area contributed by atoms with Crippen LogP contribution < -0.4 is 4.90 Å². The summed E-state index contributed by atoms with van der Waals surface area (Å²) >= 11 is 0. The van der Waals surface area contributed by atoms with Crippen molar-refractivity contribution >= 4 is 5.69 Å². The van der Waals surface area contributed by atoms with Crippen LogP contribution in [-0.2, 0) is 4.74 Å². The average Bonchev–Trinajstić information content (AvgIpc) is 2.31. The van der Waals surface area contributed by atoms with Crippen LogP contribution >= 0.6 is 0 Å². The molecule has 0 aliphatic carbocycles. The summed E-state index contributed by atoms with van der Waals surface area (Å²) < 4.78 is 19.4. The van der Waals surface area contributed by atoms with Crippen LogP contribution in [0.15, 0.2) is 18.2 Å². The maximum atomic E-state index is 13.9. The summed E-state index contributed by atoms with van der Waals surface area (Å²) in [6.07, 6.45) is -0.696. The Morgan fingerprint density at radius 3 is 2.83 bits per heavy atom. The largest absolute Gasteiger partial charge is 0.389 e. The minimum absolute atomic E-state index is 0.117. The Labute approximate surface area is 107 Å². The van der Waals surface area contributed by atoms with Crippen molar-refractivity contribution in [2.45, 2.75) is 39.0 Å². The van der Waals surface area contributed by atoms with Gasteiger partial charge in [-0.15, -0.1) is 0 Å². The summed E-state index contributed by atoms with van der Waals surface area (Å²) in [5.41, 5.74) is 1.14. The second-order valence-corrected chi connectivity index (χ2v) is 4.99. The number of anilines is 1. The minimum atomic E-state index is -0.813. The van der Waals surface area contributed by atoms with E-state index >= 15 is 0 Å². The van der Waals surface area contributed by atoms with Crippen molar-refractivity contribution in [1.29, 1.82) is 0 Å². The number of aliphatic hydroxyl groups excluding tert-OH is 1. The number of nitrogens with zero attached hydrogens (tertiary/aromatic N) is 1. The molecule has 0 saturated carbocycles. The van der Waals surface area contributed by atoms with E-state index in [-0.39, 0.29) is 18.0 Å². The zero-order chi connectivity index (χ0) is 13.3. The van der Waals surface area contributed by atoms with E-state index in [1.165, 1.54) is 6.07 Å². The van der Waals surface area contributed by atoms with Crippen molar-refractivity contribution in [3.8, 4) is 0 Å². The molecule has 18 heavy (non-hydrogen) atoms. The van der Waals surface area contributed by atoms with E-state index in [2.05, 4.69) is 4.90 Å². The Morgan fingerprint density at radius 1 is 1.44 bits per heavy atom. The van der Waals surface area contributed by atoms with Gasteiger partial charge < -0.3 is 14.7 Å². The predicted octanol–water partition coefficient (Wildman–Crippen LogP) is 2.49. The molecule has 2 unspecified atom stereocenters. The molecule has 1 aromatic rings. The first kappa shape index (κ1) is 13.3. The summed E-state index contributed by atoms with van der Waals surface area (Å²) in [5, 5.41) is 9.77. The number of ether oxygens (including phenoxy) is 1. The van der Waals surface area contributed by atoms with Crippen LogP contribution in [0.25, 0.3) is 0 Å². The summed E-state index contributed by atoms with van der Waals surface area (Å²) in [7, 11) is 0. The molecule has 1 heterocycles. The van der Waals surface area contributed by atoms with Crippen LogP contribution in [0.4, 0.5) is 10.1 Å². The number of hydrogen-bond donors (Lipinski definition) is 1. The molecular formula is C14H20FNO2. The highest BCUT2D eigenvalue weighted by atomic mass is 19.1. The molecule has 4 heteroatoms. The van der Waals surface area contributed by atoms with E-state index in [0.717, 1.165) is 5.69 Å². The Bertz CT molecular complexity index is 422. The van der Waals surface area contributed by atoms with Gasteiger partial charge in [0.15, 0.2) is 0 Å². The molecule has 1 N–H and O–H groups in total. The second-order valence-electron chi connectivity index (χ2n) is 4.99. The van der Waals surface area contributed by atoms with E-state index in [1.54, 1.807) is 13.0 Å². The average molecular weight is 253 g/mol. The van der Waals surface area contributed by atoms with Gasteiger partial charge in [0, 0.05) is 23.8 Å². The Morgan fingerprint density at radius 2 is 2.17 bits per heavy atom. The van der Waals surface area contributed by atoms with Gasteiger partial charge in [-0.2, -0.15) is 0 Å². The molecule has 3 atom stereocenters. The van der Waals surface area contributed by atoms with Gasteiger partial charge in [-0.1, -0.05) is 6.07 Å². The lowest BCUT2D eigenvalue weighted by Crippen LogP contribution is -2.48. The van der Waals surface area contributed by atoms with Gasteiger partial charge in [-0.05, 0) is 32.9 Å². The number of hydrogen-bond acceptors (Lipinski definition) is 3. The lowest BCUT2D eigenvalue weighted by molar-refractivity contribution is 0.0340. The number of benzene rings is 1. The zero-order valence-corrected chi connectivity index (χ0v) is 11.1. The van der Waals surface area contributed by atoms with Gasteiger partial charge in [0.2, 0.25) is 0 Å². The molecule has 0 amide bonds. The highest BCUT2D eigenvalue weighted by Crippen LogP contribution is 2.31. The summed E-state index contributed by atoms with van der Waals surface area (Å²) in [6.45, 7) is 6.97. The molecule has 0 aromatic heterocycles. The topological polar surface area (TPSA) is 32.7 Å². The van der Waals surface area contributed by atoms with Crippen molar-refractivity contribution in [3.63, 3.8) is 0 Å². The standard InChI is InChI=1S/C14H20FNO2/c1-9-8-18-10(2)7-16(9)13-6-4-5-12(15)14(13)11(3)17/h4-6,9-11,17H,7-8H2,1-3H3/t9?,10?,11-/m0/s1. The van der Waals surface area contributed by atoms with Gasteiger partial charge >= 0.3 is 0 Å². The first-order chi connectivity index (χ1) is 8.50. The third-order valence-corrected chi connectivity index (χ3v) is 3.36. The van der Waals surface area contributed by atoms with Crippen molar-refractivity contribution < 1.29 is 14.2 Å². The maximum Gasteiger partial charge on any atom is 0.131 e. The van der Waals surface area contributed by atoms with E-state index in [9.17, 15) is 9.50 Å². The van der Waals surface area contributed by atoms with Gasteiger partial charge in [0.1, 0.15) is 5.82 Å². The fraction of sp³-hybridized carbons (Fsp3) is 0.571. The Hall–Kier alpha value is -1.13. The number of morpholine rings is 1. The van der Waals surface area contributed by atoms with Gasteiger partial charge in [0.05, 0.1) is 18.8 Å². The minimum Gasteiger partial charge on any atom is -0.389 e. The van der Waals surface area contributed by atoms with Crippen molar-refractivity contribution in [1.82, 2.24) is 0 Å². The molecule has 1 saturated heterocycles. The molecule has 1 aliphatic rings. The van der Waals surface area contributed by atoms with Crippen LogP contribution in [0.2, 0.25) is 0 Å². The molecule has 100 valence electrons. The highest BCUT2D eigenvalue weighted by Gasteiger charge is 2.27. The first-order valence-electron chi connectivity index (χ1n) is 6.35. The van der Waals surface area contributed by atoms with Gasteiger partial charge in [-0.3, -0.25) is 0 Å². The fourth-order valence-corrected chi connectivity index (χ4v) is 2.43. The molecular weight excluding hydrogens is 233 g/mol. The second kappa shape index (κ2) is 5.24. The van der Waals surface area contributed by atoms with Gasteiger partial charge in [-0.25, -0.2) is 4.39 Å².